The molecule has 0 atom stereocenters. The predicted molar refractivity (Wildman–Crippen MR) is 87.5 cm³/mol. The van der Waals surface area contributed by atoms with Crippen LogP contribution in [-0.2, 0) is 4.79 Å². The number of nitrogens with one attached hydrogen (secondary N) is 1. The van der Waals surface area contributed by atoms with Crippen molar-refractivity contribution < 1.29 is 9.59 Å². The molecule has 0 saturated carbocycles. The van der Waals surface area contributed by atoms with Crippen molar-refractivity contribution in [3.63, 3.8) is 0 Å². The van der Waals surface area contributed by atoms with Crippen molar-refractivity contribution in [1.29, 1.82) is 0 Å². The maximum Gasteiger partial charge on any atom is 0.272 e. The minimum atomic E-state index is -0.436. The number of hydrogen-bond acceptors (Lipinski definition) is 3. The van der Waals surface area contributed by atoms with Crippen LogP contribution in [0.4, 0.5) is 0 Å². The molecule has 0 spiro atoms. The zero-order valence-corrected chi connectivity index (χ0v) is 13.7. The van der Waals surface area contributed by atoms with E-state index in [0.717, 1.165) is 25.9 Å². The molecule has 118 valence electrons. The van der Waals surface area contributed by atoms with E-state index in [4.69, 9.17) is 23.2 Å². The number of carbonyl (C=O) groups excluding carboxylic acids is 2. The topological polar surface area (TPSA) is 61.8 Å². The molecular weight excluding hydrogens is 325 g/mol. The van der Waals surface area contributed by atoms with Crippen molar-refractivity contribution in [1.82, 2.24) is 10.3 Å². The predicted octanol–water partition coefficient (Wildman–Crippen LogP) is 3.11. The second kappa shape index (κ2) is 7.61. The fourth-order valence-electron chi connectivity index (χ4n) is 2.22. The van der Waals surface area contributed by atoms with Crippen LogP contribution in [0, 0.1) is 0 Å². The Hall–Kier alpha value is -1.59. The number of hydrazone groups is 1. The molecule has 2 amide bonds. The smallest absolute Gasteiger partial charge is 0.272 e. The molecule has 1 heterocycles. The van der Waals surface area contributed by atoms with Gasteiger partial charge in [-0.15, -0.1) is 0 Å². The molecule has 0 aliphatic carbocycles. The van der Waals surface area contributed by atoms with Gasteiger partial charge < -0.3 is 4.90 Å². The van der Waals surface area contributed by atoms with Crippen LogP contribution < -0.4 is 5.43 Å². The van der Waals surface area contributed by atoms with Crippen LogP contribution in [0.3, 0.4) is 0 Å². The van der Waals surface area contributed by atoms with Gasteiger partial charge in [0, 0.05) is 23.8 Å². The van der Waals surface area contributed by atoms with E-state index >= 15 is 0 Å². The Morgan fingerprint density at radius 2 is 1.95 bits per heavy atom. The summed E-state index contributed by atoms with van der Waals surface area (Å²) in [5.74, 6) is -0.396. The second-order valence-electron chi connectivity index (χ2n) is 5.18. The number of hydrogen-bond donors (Lipinski definition) is 1. The van der Waals surface area contributed by atoms with Gasteiger partial charge in [0.05, 0.1) is 17.0 Å². The van der Waals surface area contributed by atoms with Crippen LogP contribution in [0.5, 0.6) is 0 Å². The lowest BCUT2D eigenvalue weighted by Gasteiger charge is -2.14. The van der Waals surface area contributed by atoms with E-state index in [1.165, 1.54) is 12.1 Å². The third kappa shape index (κ3) is 4.45. The third-order valence-corrected chi connectivity index (χ3v) is 3.94. The van der Waals surface area contributed by atoms with E-state index in [-0.39, 0.29) is 22.9 Å². The standard InChI is InChI=1S/C15H17Cl2N3O2/c1-10(8-14(21)20-6-2-3-7-20)18-19-15(22)12-5-4-11(16)9-13(12)17/h4-5,9H,2-3,6-8H2,1H3,(H,19,22)/b18-10-. The number of rotatable bonds is 4. The zero-order valence-electron chi connectivity index (χ0n) is 12.2. The molecule has 0 bridgehead atoms. The SMILES string of the molecule is C/C(CC(=O)N1CCCC1)=N/NC(=O)c1ccc(Cl)cc1Cl. The highest BCUT2D eigenvalue weighted by molar-refractivity contribution is 6.36. The van der Waals surface area contributed by atoms with Crippen LogP contribution in [0.15, 0.2) is 23.3 Å². The molecule has 0 aromatic heterocycles. The lowest BCUT2D eigenvalue weighted by Crippen LogP contribution is -2.29. The lowest BCUT2D eigenvalue weighted by molar-refractivity contribution is -0.128. The summed E-state index contributed by atoms with van der Waals surface area (Å²) in [6, 6.07) is 4.60. The Bertz CT molecular complexity index is 611. The first-order valence-electron chi connectivity index (χ1n) is 7.03. The Kier molecular flexibility index (Phi) is 5.80. The highest BCUT2D eigenvalue weighted by Gasteiger charge is 2.18. The number of halogens is 2. The van der Waals surface area contributed by atoms with Crippen molar-refractivity contribution in [2.45, 2.75) is 26.2 Å². The fourth-order valence-corrected chi connectivity index (χ4v) is 2.71. The molecule has 1 fully saturated rings. The van der Waals surface area contributed by atoms with Gasteiger partial charge >= 0.3 is 0 Å². The van der Waals surface area contributed by atoms with Gasteiger partial charge in [0.2, 0.25) is 5.91 Å². The van der Waals surface area contributed by atoms with Crippen LogP contribution in [0.25, 0.3) is 0 Å². The summed E-state index contributed by atoms with van der Waals surface area (Å²) < 4.78 is 0. The van der Waals surface area contributed by atoms with E-state index < -0.39 is 5.91 Å². The first-order chi connectivity index (χ1) is 10.5. The molecule has 7 heteroatoms. The van der Waals surface area contributed by atoms with Gasteiger partial charge in [-0.05, 0) is 38.0 Å². The summed E-state index contributed by atoms with van der Waals surface area (Å²) in [5.41, 5.74) is 3.24. The zero-order chi connectivity index (χ0) is 16.1. The molecule has 1 aromatic carbocycles. The molecule has 22 heavy (non-hydrogen) atoms. The molecule has 1 aromatic rings. The molecule has 1 N–H and O–H groups in total. The lowest BCUT2D eigenvalue weighted by atomic mass is 10.2. The van der Waals surface area contributed by atoms with E-state index in [0.29, 0.717) is 10.7 Å². The van der Waals surface area contributed by atoms with Crippen LogP contribution >= 0.6 is 23.2 Å². The maximum absolute atomic E-state index is 12.0. The summed E-state index contributed by atoms with van der Waals surface area (Å²) in [6.07, 6.45) is 2.30. The molecule has 1 aliphatic rings. The molecular formula is C15H17Cl2N3O2. The van der Waals surface area contributed by atoms with Gasteiger partial charge in [0.1, 0.15) is 0 Å². The Morgan fingerprint density at radius 1 is 1.27 bits per heavy atom. The highest BCUT2D eigenvalue weighted by Crippen LogP contribution is 2.20. The molecule has 0 radical (unpaired) electrons. The third-order valence-electron chi connectivity index (χ3n) is 3.39. The van der Waals surface area contributed by atoms with Crippen molar-refractivity contribution in [3.8, 4) is 0 Å². The second-order valence-corrected chi connectivity index (χ2v) is 6.02. The van der Waals surface area contributed by atoms with Crippen molar-refractivity contribution >= 4 is 40.7 Å². The largest absolute Gasteiger partial charge is 0.342 e. The van der Waals surface area contributed by atoms with Gasteiger partial charge in [-0.3, -0.25) is 9.59 Å². The van der Waals surface area contributed by atoms with Crippen LogP contribution in [0.1, 0.15) is 36.5 Å². The molecule has 1 aliphatic heterocycles. The van der Waals surface area contributed by atoms with Crippen LogP contribution in [0.2, 0.25) is 10.0 Å². The van der Waals surface area contributed by atoms with Crippen molar-refractivity contribution in [2.75, 3.05) is 13.1 Å². The van der Waals surface area contributed by atoms with Gasteiger partial charge in [-0.25, -0.2) is 5.43 Å². The monoisotopic (exact) mass is 341 g/mol. The summed E-state index contributed by atoms with van der Waals surface area (Å²) in [6.45, 7) is 3.31. The minimum absolute atomic E-state index is 0.0394. The first-order valence-corrected chi connectivity index (χ1v) is 7.79. The van der Waals surface area contributed by atoms with Crippen LogP contribution in [-0.4, -0.2) is 35.5 Å². The highest BCUT2D eigenvalue weighted by atomic mass is 35.5. The number of carbonyl (C=O) groups is 2. The average molecular weight is 342 g/mol. The van der Waals surface area contributed by atoms with E-state index in [9.17, 15) is 9.59 Å². The van der Waals surface area contributed by atoms with Gasteiger partial charge in [-0.2, -0.15) is 5.10 Å². The van der Waals surface area contributed by atoms with Gasteiger partial charge in [0.15, 0.2) is 0 Å². The van der Waals surface area contributed by atoms with Gasteiger partial charge in [0.25, 0.3) is 5.91 Å². The summed E-state index contributed by atoms with van der Waals surface area (Å²) in [7, 11) is 0. The Balaban J connectivity index is 1.92. The molecule has 0 unspecified atom stereocenters. The first kappa shape index (κ1) is 16.8. The number of amides is 2. The van der Waals surface area contributed by atoms with E-state index in [2.05, 4.69) is 10.5 Å². The summed E-state index contributed by atoms with van der Waals surface area (Å²) in [5, 5.41) is 4.66. The van der Waals surface area contributed by atoms with Crippen molar-refractivity contribution in [2.24, 2.45) is 5.10 Å². The average Bonchev–Trinajstić information content (AvgIpc) is 2.99. The number of likely N-dealkylation sites (tertiary alicyclic amines) is 1. The number of benzene rings is 1. The fraction of sp³-hybridized carbons (Fsp3) is 0.400. The number of nitrogens with zero attached hydrogens (tertiary/aromatic N) is 2. The molecule has 2 rings (SSSR count). The molecule has 5 nitrogen and oxygen atoms in total. The summed E-state index contributed by atoms with van der Waals surface area (Å²) >= 11 is 11.7. The van der Waals surface area contributed by atoms with E-state index in [1.807, 2.05) is 4.90 Å². The Labute approximate surface area is 139 Å². The minimum Gasteiger partial charge on any atom is -0.342 e. The van der Waals surface area contributed by atoms with E-state index in [1.54, 1.807) is 13.0 Å². The quantitative estimate of drug-likeness (QED) is 0.675. The summed E-state index contributed by atoms with van der Waals surface area (Å²) in [4.78, 5) is 25.8. The molecule has 1 saturated heterocycles. The maximum atomic E-state index is 12.0. The van der Waals surface area contributed by atoms with Crippen molar-refractivity contribution in [3.05, 3.63) is 33.8 Å². The van der Waals surface area contributed by atoms with Gasteiger partial charge in [-0.1, -0.05) is 23.2 Å². The normalized spacial score (nSPS) is 15.0. The Morgan fingerprint density at radius 3 is 2.59 bits per heavy atom.